The first kappa shape index (κ1) is 21.6. The van der Waals surface area contributed by atoms with E-state index in [1.165, 1.54) is 22.8 Å². The van der Waals surface area contributed by atoms with Crippen LogP contribution < -0.4 is 10.1 Å². The smallest absolute Gasteiger partial charge is 0.306 e. The average Bonchev–Trinajstić information content (AvgIpc) is 3.00. The van der Waals surface area contributed by atoms with Crippen molar-refractivity contribution < 1.29 is 31.1 Å². The van der Waals surface area contributed by atoms with Crippen molar-refractivity contribution in [2.75, 3.05) is 5.32 Å². The van der Waals surface area contributed by atoms with Gasteiger partial charge in [0.15, 0.2) is 4.80 Å². The van der Waals surface area contributed by atoms with E-state index >= 15 is 0 Å². The lowest BCUT2D eigenvalue weighted by molar-refractivity contribution is -0.138. The van der Waals surface area contributed by atoms with E-state index < -0.39 is 29.5 Å². The van der Waals surface area contributed by atoms with Gasteiger partial charge in [-0.05, 0) is 49.4 Å². The molecular weight excluding hydrogens is 432 g/mol. The summed E-state index contributed by atoms with van der Waals surface area (Å²) in [5.41, 5.74) is -1.49. The van der Waals surface area contributed by atoms with Crippen LogP contribution in [0.25, 0.3) is 5.69 Å². The number of carbonyl (C=O) groups is 1. The number of thiazole rings is 1. The lowest BCUT2D eigenvalue weighted by Crippen LogP contribution is -2.18. The molecule has 3 aromatic rings. The molecule has 0 spiro atoms. The van der Waals surface area contributed by atoms with E-state index in [9.17, 15) is 31.1 Å². The maximum absolute atomic E-state index is 12.8. The van der Waals surface area contributed by atoms with Gasteiger partial charge in [-0.25, -0.2) is 4.79 Å². The molecule has 0 fully saturated rings. The normalized spacial score (nSPS) is 12.8. The highest BCUT2D eigenvalue weighted by molar-refractivity contribution is 7.09. The number of benzene rings is 2. The molecule has 0 saturated heterocycles. The number of amides is 2. The third-order valence-electron chi connectivity index (χ3n) is 3.88. The molecule has 0 saturated carbocycles. The van der Waals surface area contributed by atoms with Crippen LogP contribution in [-0.4, -0.2) is 10.6 Å². The molecule has 4 nitrogen and oxygen atoms in total. The van der Waals surface area contributed by atoms with Crippen molar-refractivity contribution >= 4 is 23.1 Å². The fourth-order valence-corrected chi connectivity index (χ4v) is 3.37. The summed E-state index contributed by atoms with van der Waals surface area (Å²) in [6.45, 7) is 1.72. The van der Waals surface area contributed by atoms with Gasteiger partial charge in [-0.1, -0.05) is 6.07 Å². The summed E-state index contributed by atoms with van der Waals surface area (Å²) in [5.74, 6) is 0. The molecule has 1 heterocycles. The van der Waals surface area contributed by atoms with E-state index in [0.717, 1.165) is 46.5 Å². The molecule has 11 heteroatoms. The third kappa shape index (κ3) is 5.09. The molecule has 158 valence electrons. The van der Waals surface area contributed by atoms with Gasteiger partial charge >= 0.3 is 18.4 Å². The van der Waals surface area contributed by atoms with Crippen molar-refractivity contribution in [1.29, 1.82) is 0 Å². The van der Waals surface area contributed by atoms with Crippen molar-refractivity contribution in [1.82, 2.24) is 4.57 Å². The zero-order valence-corrected chi connectivity index (χ0v) is 16.0. The molecule has 0 aliphatic rings. The number of halogens is 6. The van der Waals surface area contributed by atoms with Gasteiger partial charge in [-0.2, -0.15) is 31.3 Å². The standard InChI is InChI=1S/C19H13F6N3OS/c1-11-10-28(15-7-5-12(6-8-15)18(20,21)22)17(30-11)27-16(29)26-14-4-2-3-13(9-14)19(23,24)25/h2-10H,1H3,(H,26,29). The van der Waals surface area contributed by atoms with Gasteiger partial charge in [0.05, 0.1) is 11.1 Å². The van der Waals surface area contributed by atoms with Crippen LogP contribution >= 0.6 is 11.3 Å². The molecule has 0 radical (unpaired) electrons. The second kappa shape index (κ2) is 7.98. The highest BCUT2D eigenvalue weighted by atomic mass is 32.1. The van der Waals surface area contributed by atoms with Crippen LogP contribution in [-0.2, 0) is 12.4 Å². The molecule has 2 aromatic carbocycles. The van der Waals surface area contributed by atoms with Crippen molar-refractivity contribution in [2.24, 2.45) is 4.99 Å². The van der Waals surface area contributed by atoms with E-state index in [2.05, 4.69) is 10.3 Å². The van der Waals surface area contributed by atoms with Crippen LogP contribution in [0.15, 0.2) is 59.7 Å². The zero-order chi connectivity index (χ0) is 22.1. The number of nitrogens with one attached hydrogen (secondary N) is 1. The van der Waals surface area contributed by atoms with Gasteiger partial charge in [0, 0.05) is 22.4 Å². The Balaban J connectivity index is 1.89. The van der Waals surface area contributed by atoms with Gasteiger partial charge in [-0.3, -0.25) is 4.57 Å². The van der Waals surface area contributed by atoms with E-state index in [1.807, 2.05) is 0 Å². The predicted octanol–water partition coefficient (Wildman–Crippen LogP) is 6.02. The quantitative estimate of drug-likeness (QED) is 0.482. The number of aromatic nitrogens is 1. The number of urea groups is 1. The van der Waals surface area contributed by atoms with E-state index in [4.69, 9.17) is 0 Å². The van der Waals surface area contributed by atoms with Gasteiger partial charge in [0.2, 0.25) is 0 Å². The molecule has 0 unspecified atom stereocenters. The van der Waals surface area contributed by atoms with E-state index in [0.29, 0.717) is 5.69 Å². The molecule has 0 aliphatic heterocycles. The number of nitrogens with zero attached hydrogens (tertiary/aromatic N) is 2. The molecule has 2 amide bonds. The van der Waals surface area contributed by atoms with Crippen molar-refractivity contribution in [3.8, 4) is 5.69 Å². The van der Waals surface area contributed by atoms with Gasteiger partial charge < -0.3 is 5.32 Å². The maximum Gasteiger partial charge on any atom is 0.416 e. The summed E-state index contributed by atoms with van der Waals surface area (Å²) in [5, 5.41) is 2.26. The minimum Gasteiger partial charge on any atom is -0.306 e. The van der Waals surface area contributed by atoms with Crippen molar-refractivity contribution in [3.05, 3.63) is 75.5 Å². The SMILES string of the molecule is Cc1cn(-c2ccc(C(F)(F)F)cc2)c(=NC(=O)Nc2cccc(C(F)(F)F)c2)s1. The summed E-state index contributed by atoms with van der Waals surface area (Å²) in [7, 11) is 0. The monoisotopic (exact) mass is 445 g/mol. The Morgan fingerprint density at radius 3 is 2.20 bits per heavy atom. The second-order valence-electron chi connectivity index (χ2n) is 6.16. The fraction of sp³-hybridized carbons (Fsp3) is 0.158. The summed E-state index contributed by atoms with van der Waals surface area (Å²) in [4.78, 5) is 16.9. The Labute approximate surface area is 170 Å². The fourth-order valence-electron chi connectivity index (χ4n) is 2.54. The Morgan fingerprint density at radius 2 is 1.60 bits per heavy atom. The Morgan fingerprint density at radius 1 is 0.967 bits per heavy atom. The maximum atomic E-state index is 12.8. The van der Waals surface area contributed by atoms with Crippen LogP contribution in [0.3, 0.4) is 0 Å². The van der Waals surface area contributed by atoms with Gasteiger partial charge in [0.1, 0.15) is 0 Å². The first-order chi connectivity index (χ1) is 13.9. The van der Waals surface area contributed by atoms with Gasteiger partial charge in [0.25, 0.3) is 0 Å². The summed E-state index contributed by atoms with van der Waals surface area (Å²) >= 11 is 1.10. The number of hydrogen-bond donors (Lipinski definition) is 1. The number of rotatable bonds is 2. The van der Waals surface area contributed by atoms with Crippen LogP contribution in [0.1, 0.15) is 16.0 Å². The molecular formula is C19H13F6N3OS. The van der Waals surface area contributed by atoms with Crippen LogP contribution in [0.4, 0.5) is 36.8 Å². The summed E-state index contributed by atoms with van der Waals surface area (Å²) in [6, 6.07) is 7.44. The second-order valence-corrected chi connectivity index (χ2v) is 7.37. The van der Waals surface area contributed by atoms with Crippen molar-refractivity contribution in [2.45, 2.75) is 19.3 Å². The highest BCUT2D eigenvalue weighted by Crippen LogP contribution is 2.31. The topological polar surface area (TPSA) is 46.4 Å². The molecule has 1 aromatic heterocycles. The van der Waals surface area contributed by atoms with Crippen LogP contribution in [0, 0.1) is 6.92 Å². The van der Waals surface area contributed by atoms with E-state index in [-0.39, 0.29) is 10.5 Å². The molecule has 0 atom stereocenters. The Kier molecular flexibility index (Phi) is 5.75. The number of aryl methyl sites for hydroxylation is 1. The van der Waals surface area contributed by atoms with Crippen LogP contribution in [0.2, 0.25) is 0 Å². The van der Waals surface area contributed by atoms with Crippen molar-refractivity contribution in [3.63, 3.8) is 0 Å². The third-order valence-corrected chi connectivity index (χ3v) is 4.78. The first-order valence-corrected chi connectivity index (χ1v) is 9.15. The number of anilines is 1. The number of alkyl halides is 6. The lowest BCUT2D eigenvalue weighted by Gasteiger charge is -2.09. The molecule has 30 heavy (non-hydrogen) atoms. The minimum absolute atomic E-state index is 0.0899. The minimum atomic E-state index is -4.56. The average molecular weight is 445 g/mol. The number of carbonyl (C=O) groups excluding carboxylic acids is 1. The Bertz CT molecular complexity index is 1130. The largest absolute Gasteiger partial charge is 0.416 e. The zero-order valence-electron chi connectivity index (χ0n) is 15.2. The first-order valence-electron chi connectivity index (χ1n) is 8.33. The van der Waals surface area contributed by atoms with Gasteiger partial charge in [-0.15, -0.1) is 11.3 Å². The number of hydrogen-bond acceptors (Lipinski definition) is 2. The Hall–Kier alpha value is -3.08. The summed E-state index contributed by atoms with van der Waals surface area (Å²) in [6.07, 6.45) is -7.45. The van der Waals surface area contributed by atoms with Crippen LogP contribution in [0.5, 0.6) is 0 Å². The molecule has 3 rings (SSSR count). The van der Waals surface area contributed by atoms with E-state index in [1.54, 1.807) is 13.1 Å². The molecule has 0 aliphatic carbocycles. The summed E-state index contributed by atoms with van der Waals surface area (Å²) < 4.78 is 78.0. The molecule has 1 N–H and O–H groups in total. The predicted molar refractivity (Wildman–Crippen MR) is 99.4 cm³/mol. The molecule has 0 bridgehead atoms. The lowest BCUT2D eigenvalue weighted by atomic mass is 10.2. The highest BCUT2D eigenvalue weighted by Gasteiger charge is 2.31.